The molecule has 0 aliphatic heterocycles. The molecule has 0 fully saturated rings. The lowest BCUT2D eigenvalue weighted by atomic mass is 10.2. The summed E-state index contributed by atoms with van der Waals surface area (Å²) in [6, 6.07) is 16.8. The van der Waals surface area contributed by atoms with Crippen molar-refractivity contribution in [2.45, 2.75) is 0 Å². The quantitative estimate of drug-likeness (QED) is 0.181. The molecule has 6 nitrogen and oxygen atoms in total. The summed E-state index contributed by atoms with van der Waals surface area (Å²) in [5.41, 5.74) is 2.18. The number of fused-ring (bicyclic) bond motifs is 1. The second-order valence-corrected chi connectivity index (χ2v) is 8.78. The number of carbonyl (C=O) groups is 1. The Kier molecular flexibility index (Phi) is 6.44. The molecule has 0 saturated heterocycles. The van der Waals surface area contributed by atoms with E-state index in [1.165, 1.54) is 6.07 Å². The number of aromatic nitrogens is 1. The van der Waals surface area contributed by atoms with Crippen LogP contribution >= 0.6 is 35.4 Å². The van der Waals surface area contributed by atoms with Gasteiger partial charge >= 0.3 is 0 Å². The second kappa shape index (κ2) is 9.69. The molecular weight excluding hydrogens is 531 g/mol. The molecular formula is C25H13Cl2F2N3O3S. The Morgan fingerprint density at radius 1 is 0.917 bits per heavy atom. The summed E-state index contributed by atoms with van der Waals surface area (Å²) >= 11 is 17.2. The van der Waals surface area contributed by atoms with Crippen LogP contribution in [0.2, 0.25) is 10.0 Å². The lowest BCUT2D eigenvalue weighted by Crippen LogP contribution is -2.33. The van der Waals surface area contributed by atoms with E-state index >= 15 is 0 Å². The fourth-order valence-electron chi connectivity index (χ4n) is 3.36. The van der Waals surface area contributed by atoms with Crippen LogP contribution in [0.3, 0.4) is 0 Å². The van der Waals surface area contributed by atoms with Gasteiger partial charge in [-0.3, -0.25) is 10.1 Å². The van der Waals surface area contributed by atoms with Crippen LogP contribution in [0.15, 0.2) is 75.6 Å². The van der Waals surface area contributed by atoms with Gasteiger partial charge in [0.25, 0.3) is 5.91 Å². The lowest BCUT2D eigenvalue weighted by molar-refractivity contribution is 0.0951. The summed E-state index contributed by atoms with van der Waals surface area (Å²) in [5.74, 6) is -2.08. The van der Waals surface area contributed by atoms with Crippen molar-refractivity contribution >= 4 is 63.2 Å². The van der Waals surface area contributed by atoms with E-state index in [1.54, 1.807) is 48.5 Å². The standard InChI is InChI=1S/C25H13Cl2F2N3O3S/c26-13-3-1-12(2-4-13)20-7-8-22(34-20)23(33)32-25(36)30-14-5-6-21-19(9-14)31-24(35-21)15-10-17(28)18(29)11-16(15)27/h1-11H,(H2,30,32,33,36). The first-order valence-corrected chi connectivity index (χ1v) is 11.5. The Labute approximate surface area is 217 Å². The topological polar surface area (TPSA) is 80.3 Å². The Balaban J connectivity index is 1.28. The number of furan rings is 1. The number of thiocarbonyl (C=S) groups is 1. The molecule has 0 spiro atoms. The number of nitrogens with zero attached hydrogens (tertiary/aromatic N) is 1. The van der Waals surface area contributed by atoms with E-state index in [1.807, 2.05) is 0 Å². The first-order chi connectivity index (χ1) is 17.3. The maximum absolute atomic E-state index is 13.7. The molecule has 0 bridgehead atoms. The Hall–Kier alpha value is -3.79. The molecule has 2 N–H and O–H groups in total. The van der Waals surface area contributed by atoms with Crippen molar-refractivity contribution in [3.63, 3.8) is 0 Å². The zero-order valence-corrected chi connectivity index (χ0v) is 20.3. The van der Waals surface area contributed by atoms with Crippen LogP contribution in [0.4, 0.5) is 14.5 Å². The molecule has 0 atom stereocenters. The van der Waals surface area contributed by atoms with E-state index in [0.29, 0.717) is 27.6 Å². The van der Waals surface area contributed by atoms with Gasteiger partial charge in [0.15, 0.2) is 28.1 Å². The maximum atomic E-state index is 13.7. The summed E-state index contributed by atoms with van der Waals surface area (Å²) in [6.45, 7) is 0. The fourth-order valence-corrected chi connectivity index (χ4v) is 3.93. The van der Waals surface area contributed by atoms with Crippen molar-refractivity contribution in [3.05, 3.63) is 94.2 Å². The Morgan fingerprint density at radius 2 is 1.67 bits per heavy atom. The number of carbonyl (C=O) groups excluding carboxylic acids is 1. The highest BCUT2D eigenvalue weighted by atomic mass is 35.5. The van der Waals surface area contributed by atoms with Crippen molar-refractivity contribution in [2.24, 2.45) is 0 Å². The monoisotopic (exact) mass is 543 g/mol. The van der Waals surface area contributed by atoms with Gasteiger partial charge in [-0.05, 0) is 78.9 Å². The molecule has 180 valence electrons. The first-order valence-electron chi connectivity index (χ1n) is 10.3. The minimum atomic E-state index is -1.07. The number of hydrogen-bond donors (Lipinski definition) is 2. The number of benzene rings is 3. The van der Waals surface area contributed by atoms with Gasteiger partial charge in [-0.1, -0.05) is 23.2 Å². The maximum Gasteiger partial charge on any atom is 0.293 e. The molecule has 3 aromatic carbocycles. The van der Waals surface area contributed by atoms with Gasteiger partial charge in [-0.25, -0.2) is 13.8 Å². The van der Waals surface area contributed by atoms with Crippen LogP contribution < -0.4 is 10.6 Å². The van der Waals surface area contributed by atoms with Crippen LogP contribution in [-0.4, -0.2) is 16.0 Å². The number of anilines is 1. The number of rotatable bonds is 4. The predicted molar refractivity (Wildman–Crippen MR) is 137 cm³/mol. The van der Waals surface area contributed by atoms with Gasteiger partial charge < -0.3 is 14.2 Å². The average molecular weight is 544 g/mol. The minimum Gasteiger partial charge on any atom is -0.451 e. The molecule has 36 heavy (non-hydrogen) atoms. The smallest absolute Gasteiger partial charge is 0.293 e. The molecule has 0 unspecified atom stereocenters. The van der Waals surface area contributed by atoms with Crippen molar-refractivity contribution < 1.29 is 22.4 Å². The van der Waals surface area contributed by atoms with Crippen molar-refractivity contribution in [3.8, 4) is 22.8 Å². The molecule has 5 aromatic rings. The molecule has 2 aromatic heterocycles. The Bertz CT molecular complexity index is 1630. The van der Waals surface area contributed by atoms with Crippen LogP contribution in [0.1, 0.15) is 10.6 Å². The zero-order valence-electron chi connectivity index (χ0n) is 17.9. The van der Waals surface area contributed by atoms with E-state index in [0.717, 1.165) is 17.7 Å². The molecule has 1 amide bonds. The third-order valence-electron chi connectivity index (χ3n) is 5.07. The summed E-state index contributed by atoms with van der Waals surface area (Å²) in [5, 5.41) is 6.00. The Morgan fingerprint density at radius 3 is 2.44 bits per heavy atom. The molecule has 11 heteroatoms. The van der Waals surface area contributed by atoms with Crippen LogP contribution in [0.25, 0.3) is 33.9 Å². The number of nitrogens with one attached hydrogen (secondary N) is 2. The van der Waals surface area contributed by atoms with E-state index in [2.05, 4.69) is 15.6 Å². The second-order valence-electron chi connectivity index (χ2n) is 7.53. The molecule has 0 aliphatic carbocycles. The molecule has 5 rings (SSSR count). The molecule has 0 saturated carbocycles. The summed E-state index contributed by atoms with van der Waals surface area (Å²) < 4.78 is 38.3. The fraction of sp³-hybridized carbons (Fsp3) is 0. The van der Waals surface area contributed by atoms with Gasteiger partial charge in [-0.15, -0.1) is 0 Å². The molecule has 2 heterocycles. The van der Waals surface area contributed by atoms with Gasteiger partial charge in [0, 0.05) is 16.3 Å². The zero-order chi connectivity index (χ0) is 25.4. The first kappa shape index (κ1) is 23.9. The number of oxazole rings is 1. The SMILES string of the molecule is O=C(NC(=S)Nc1ccc2oc(-c3cc(F)c(F)cc3Cl)nc2c1)c1ccc(-c2ccc(Cl)cc2)o1. The van der Waals surface area contributed by atoms with Gasteiger partial charge in [-0.2, -0.15) is 0 Å². The predicted octanol–water partition coefficient (Wildman–Crippen LogP) is 7.47. The third kappa shape index (κ3) is 4.94. The number of amides is 1. The highest BCUT2D eigenvalue weighted by Gasteiger charge is 2.17. The normalized spacial score (nSPS) is 11.0. The molecule has 0 radical (unpaired) electrons. The van der Waals surface area contributed by atoms with Gasteiger partial charge in [0.2, 0.25) is 5.89 Å². The van der Waals surface area contributed by atoms with E-state index in [9.17, 15) is 13.6 Å². The van der Waals surface area contributed by atoms with Crippen molar-refractivity contribution in [2.75, 3.05) is 5.32 Å². The van der Waals surface area contributed by atoms with E-state index in [-0.39, 0.29) is 27.3 Å². The summed E-state index contributed by atoms with van der Waals surface area (Å²) in [6.07, 6.45) is 0. The number of hydrogen-bond acceptors (Lipinski definition) is 5. The van der Waals surface area contributed by atoms with E-state index in [4.69, 9.17) is 44.3 Å². The average Bonchev–Trinajstić information content (AvgIpc) is 3.49. The van der Waals surface area contributed by atoms with Crippen LogP contribution in [-0.2, 0) is 0 Å². The highest BCUT2D eigenvalue weighted by Crippen LogP contribution is 2.32. The van der Waals surface area contributed by atoms with Crippen molar-refractivity contribution in [1.82, 2.24) is 10.3 Å². The van der Waals surface area contributed by atoms with Crippen LogP contribution in [0, 0.1) is 11.6 Å². The highest BCUT2D eigenvalue weighted by molar-refractivity contribution is 7.80. The summed E-state index contributed by atoms with van der Waals surface area (Å²) in [7, 11) is 0. The lowest BCUT2D eigenvalue weighted by Gasteiger charge is -2.08. The third-order valence-corrected chi connectivity index (χ3v) is 5.84. The van der Waals surface area contributed by atoms with E-state index < -0.39 is 17.5 Å². The van der Waals surface area contributed by atoms with Gasteiger partial charge in [0.05, 0.1) is 10.6 Å². The van der Waals surface area contributed by atoms with Crippen LogP contribution in [0.5, 0.6) is 0 Å². The van der Waals surface area contributed by atoms with Gasteiger partial charge in [0.1, 0.15) is 11.3 Å². The number of halogens is 4. The molecule has 0 aliphatic rings. The summed E-state index contributed by atoms with van der Waals surface area (Å²) in [4.78, 5) is 16.8. The minimum absolute atomic E-state index is 0.0242. The van der Waals surface area contributed by atoms with Crippen molar-refractivity contribution in [1.29, 1.82) is 0 Å². The largest absolute Gasteiger partial charge is 0.451 e.